The van der Waals surface area contributed by atoms with E-state index in [1.807, 2.05) is 0 Å². The van der Waals surface area contributed by atoms with E-state index in [0.717, 1.165) is 0 Å². The van der Waals surface area contributed by atoms with Gasteiger partial charge in [0.15, 0.2) is 0 Å². The van der Waals surface area contributed by atoms with Gasteiger partial charge >= 0.3 is 12.1 Å². The molecule has 0 aromatic heterocycles. The predicted molar refractivity (Wildman–Crippen MR) is 70.6 cm³/mol. The third-order valence-corrected chi connectivity index (χ3v) is 4.53. The summed E-state index contributed by atoms with van der Waals surface area (Å²) in [7, 11) is 0. The van der Waals surface area contributed by atoms with Crippen molar-refractivity contribution in [2.45, 2.75) is 52.1 Å². The molecule has 0 bridgehead atoms. The van der Waals surface area contributed by atoms with Gasteiger partial charge in [0.2, 0.25) is 5.91 Å². The molecule has 1 amide bonds. The SMILES string of the molecule is CCC(CC)(CC(=O)N1CCCC(C(F)(F)F)C1)C(=O)O. The topological polar surface area (TPSA) is 57.6 Å². The van der Waals surface area contributed by atoms with Gasteiger partial charge < -0.3 is 10.0 Å². The monoisotopic (exact) mass is 309 g/mol. The number of carbonyl (C=O) groups excluding carboxylic acids is 1. The Bertz CT molecular complexity index is 391. The Labute approximate surface area is 122 Å². The number of carboxylic acid groups (broad SMARTS) is 1. The fourth-order valence-corrected chi connectivity index (χ4v) is 2.75. The summed E-state index contributed by atoms with van der Waals surface area (Å²) in [5.41, 5.74) is -1.18. The van der Waals surface area contributed by atoms with Crippen LogP contribution < -0.4 is 0 Å². The highest BCUT2D eigenvalue weighted by atomic mass is 19.4. The van der Waals surface area contributed by atoms with Crippen LogP contribution in [0.15, 0.2) is 0 Å². The van der Waals surface area contributed by atoms with Crippen molar-refractivity contribution in [2.24, 2.45) is 11.3 Å². The van der Waals surface area contributed by atoms with Crippen LogP contribution in [0, 0.1) is 11.3 Å². The van der Waals surface area contributed by atoms with Gasteiger partial charge in [-0.1, -0.05) is 13.8 Å². The lowest BCUT2D eigenvalue weighted by molar-refractivity contribution is -0.188. The van der Waals surface area contributed by atoms with E-state index < -0.39 is 29.4 Å². The van der Waals surface area contributed by atoms with E-state index in [1.165, 1.54) is 4.90 Å². The largest absolute Gasteiger partial charge is 0.481 e. The Morgan fingerprint density at radius 1 is 1.24 bits per heavy atom. The van der Waals surface area contributed by atoms with Crippen molar-refractivity contribution in [3.05, 3.63) is 0 Å². The number of halogens is 3. The lowest BCUT2D eigenvalue weighted by atomic mass is 9.78. The van der Waals surface area contributed by atoms with Gasteiger partial charge in [-0.3, -0.25) is 9.59 Å². The first kappa shape index (κ1) is 17.8. The number of aliphatic carboxylic acids is 1. The normalized spacial score (nSPS) is 20.4. The van der Waals surface area contributed by atoms with E-state index >= 15 is 0 Å². The van der Waals surface area contributed by atoms with E-state index in [-0.39, 0.29) is 38.8 Å². The first-order chi connectivity index (χ1) is 9.66. The second-order valence-corrected chi connectivity index (χ2v) is 5.69. The predicted octanol–water partition coefficient (Wildman–Crippen LogP) is 3.07. The molecule has 0 radical (unpaired) electrons. The van der Waals surface area contributed by atoms with Crippen molar-refractivity contribution in [1.82, 2.24) is 4.90 Å². The van der Waals surface area contributed by atoms with Crippen molar-refractivity contribution >= 4 is 11.9 Å². The van der Waals surface area contributed by atoms with E-state index in [4.69, 9.17) is 0 Å². The van der Waals surface area contributed by atoms with Crippen molar-refractivity contribution < 1.29 is 27.9 Å². The van der Waals surface area contributed by atoms with Crippen molar-refractivity contribution in [3.63, 3.8) is 0 Å². The molecule has 1 heterocycles. The van der Waals surface area contributed by atoms with Gasteiger partial charge in [-0.2, -0.15) is 13.2 Å². The lowest BCUT2D eigenvalue weighted by Gasteiger charge is -2.36. The van der Waals surface area contributed by atoms with Gasteiger partial charge in [-0.25, -0.2) is 0 Å². The molecule has 122 valence electrons. The summed E-state index contributed by atoms with van der Waals surface area (Å²) in [6.45, 7) is 3.28. The average Bonchev–Trinajstić information content (AvgIpc) is 2.43. The highest BCUT2D eigenvalue weighted by Crippen LogP contribution is 2.35. The summed E-state index contributed by atoms with van der Waals surface area (Å²) >= 11 is 0. The van der Waals surface area contributed by atoms with Crippen molar-refractivity contribution in [2.75, 3.05) is 13.1 Å². The fourth-order valence-electron chi connectivity index (χ4n) is 2.75. The number of alkyl halides is 3. The molecule has 1 aliphatic rings. The molecule has 7 heteroatoms. The Kier molecular flexibility index (Phi) is 5.64. The average molecular weight is 309 g/mol. The summed E-state index contributed by atoms with van der Waals surface area (Å²) in [4.78, 5) is 24.7. The highest BCUT2D eigenvalue weighted by Gasteiger charge is 2.44. The maximum absolute atomic E-state index is 12.7. The lowest BCUT2D eigenvalue weighted by Crippen LogP contribution is -2.46. The highest BCUT2D eigenvalue weighted by molar-refractivity contribution is 5.85. The third-order valence-electron chi connectivity index (χ3n) is 4.53. The van der Waals surface area contributed by atoms with Crippen LogP contribution in [0.25, 0.3) is 0 Å². The number of piperidine rings is 1. The Morgan fingerprint density at radius 3 is 2.24 bits per heavy atom. The molecule has 1 aliphatic heterocycles. The second kappa shape index (κ2) is 6.66. The van der Waals surface area contributed by atoms with Crippen LogP contribution in [0.1, 0.15) is 46.0 Å². The van der Waals surface area contributed by atoms with Crippen LogP contribution in [-0.4, -0.2) is 41.1 Å². The molecule has 1 rings (SSSR count). The maximum atomic E-state index is 12.7. The molecule has 0 saturated carbocycles. The number of likely N-dealkylation sites (tertiary alicyclic amines) is 1. The summed E-state index contributed by atoms with van der Waals surface area (Å²) in [6.07, 6.45) is -3.66. The Morgan fingerprint density at radius 2 is 1.81 bits per heavy atom. The minimum atomic E-state index is -4.31. The third kappa shape index (κ3) is 4.11. The molecule has 1 unspecified atom stereocenters. The molecule has 0 aromatic rings. The van der Waals surface area contributed by atoms with Crippen LogP contribution in [-0.2, 0) is 9.59 Å². The van der Waals surface area contributed by atoms with Crippen LogP contribution in [0.2, 0.25) is 0 Å². The molecule has 1 N–H and O–H groups in total. The van der Waals surface area contributed by atoms with E-state index in [1.54, 1.807) is 13.8 Å². The smallest absolute Gasteiger partial charge is 0.393 e. The number of rotatable bonds is 5. The zero-order valence-corrected chi connectivity index (χ0v) is 12.4. The van der Waals surface area contributed by atoms with Gasteiger partial charge in [0.25, 0.3) is 0 Å². The van der Waals surface area contributed by atoms with Gasteiger partial charge in [-0.15, -0.1) is 0 Å². The summed E-state index contributed by atoms with van der Waals surface area (Å²) in [6, 6.07) is 0. The fraction of sp³-hybridized carbons (Fsp3) is 0.857. The van der Waals surface area contributed by atoms with Gasteiger partial charge in [0, 0.05) is 19.5 Å². The molecule has 0 spiro atoms. The zero-order valence-electron chi connectivity index (χ0n) is 12.4. The van der Waals surface area contributed by atoms with E-state index in [0.29, 0.717) is 6.42 Å². The van der Waals surface area contributed by atoms with Gasteiger partial charge in [0.1, 0.15) is 0 Å². The molecule has 0 aromatic carbocycles. The van der Waals surface area contributed by atoms with Crippen molar-refractivity contribution in [3.8, 4) is 0 Å². The van der Waals surface area contributed by atoms with Crippen LogP contribution >= 0.6 is 0 Å². The molecule has 1 fully saturated rings. The molecule has 21 heavy (non-hydrogen) atoms. The van der Waals surface area contributed by atoms with E-state index in [2.05, 4.69) is 0 Å². The molecular weight excluding hydrogens is 287 g/mol. The standard InChI is InChI=1S/C14H22F3NO3/c1-3-13(4-2,12(20)21)8-11(19)18-7-5-6-10(9-18)14(15,16)17/h10H,3-9H2,1-2H3,(H,20,21). The van der Waals surface area contributed by atoms with Crippen LogP contribution in [0.4, 0.5) is 13.2 Å². The first-order valence-electron chi connectivity index (χ1n) is 7.24. The minimum Gasteiger partial charge on any atom is -0.481 e. The van der Waals surface area contributed by atoms with E-state index in [9.17, 15) is 27.9 Å². The van der Waals surface area contributed by atoms with Crippen molar-refractivity contribution in [1.29, 1.82) is 0 Å². The number of carbonyl (C=O) groups is 2. The molecular formula is C14H22F3NO3. The maximum Gasteiger partial charge on any atom is 0.393 e. The van der Waals surface area contributed by atoms with Gasteiger partial charge in [0.05, 0.1) is 11.3 Å². The second-order valence-electron chi connectivity index (χ2n) is 5.69. The quantitative estimate of drug-likeness (QED) is 0.849. The Hall–Kier alpha value is -1.27. The zero-order chi connectivity index (χ0) is 16.3. The molecule has 1 atom stereocenters. The number of hydrogen-bond acceptors (Lipinski definition) is 2. The number of nitrogens with zero attached hydrogens (tertiary/aromatic N) is 1. The van der Waals surface area contributed by atoms with Gasteiger partial charge in [-0.05, 0) is 25.7 Å². The first-order valence-corrected chi connectivity index (χ1v) is 7.24. The Balaban J connectivity index is 2.77. The molecule has 4 nitrogen and oxygen atoms in total. The van der Waals surface area contributed by atoms with Crippen LogP contribution in [0.5, 0.6) is 0 Å². The summed E-state index contributed by atoms with van der Waals surface area (Å²) in [5, 5.41) is 9.30. The minimum absolute atomic E-state index is 0.0267. The summed E-state index contributed by atoms with van der Waals surface area (Å²) in [5.74, 6) is -3.06. The van der Waals surface area contributed by atoms with Crippen LogP contribution in [0.3, 0.4) is 0 Å². The molecule has 1 saturated heterocycles. The number of carboxylic acids is 1. The number of amides is 1. The summed E-state index contributed by atoms with van der Waals surface area (Å²) < 4.78 is 38.2. The number of hydrogen-bond donors (Lipinski definition) is 1. The molecule has 0 aliphatic carbocycles.